The molecule has 29 heavy (non-hydrogen) atoms. The molecule has 0 spiro atoms. The van der Waals surface area contributed by atoms with Gasteiger partial charge in [0.2, 0.25) is 5.91 Å². The molecule has 5 nitrogen and oxygen atoms in total. The molecule has 1 aliphatic heterocycles. The Kier molecular flexibility index (Phi) is 6.93. The summed E-state index contributed by atoms with van der Waals surface area (Å²) in [5, 5.41) is 13.2. The van der Waals surface area contributed by atoms with Crippen LogP contribution in [0.15, 0.2) is 48.5 Å². The van der Waals surface area contributed by atoms with Crippen LogP contribution >= 0.6 is 0 Å². The molecule has 5 heteroatoms. The van der Waals surface area contributed by atoms with Crippen LogP contribution in [-0.2, 0) is 21.5 Å². The van der Waals surface area contributed by atoms with E-state index in [0.29, 0.717) is 13.1 Å². The van der Waals surface area contributed by atoms with Crippen molar-refractivity contribution in [3.8, 4) is 5.75 Å². The zero-order valence-electron chi connectivity index (χ0n) is 17.6. The van der Waals surface area contributed by atoms with Gasteiger partial charge >= 0.3 is 0 Å². The molecule has 1 amide bonds. The summed E-state index contributed by atoms with van der Waals surface area (Å²) in [6, 6.07) is 15.2. The van der Waals surface area contributed by atoms with Crippen LogP contribution in [0.3, 0.4) is 0 Å². The van der Waals surface area contributed by atoms with E-state index in [1.165, 1.54) is 0 Å². The van der Waals surface area contributed by atoms with Gasteiger partial charge in [-0.15, -0.1) is 0 Å². The fourth-order valence-electron chi connectivity index (χ4n) is 3.79. The number of hydrogen-bond donors (Lipinski definition) is 2. The first kappa shape index (κ1) is 21.3. The van der Waals surface area contributed by atoms with E-state index in [1.54, 1.807) is 12.1 Å². The quantitative estimate of drug-likeness (QED) is 0.732. The monoisotopic (exact) mass is 396 g/mol. The van der Waals surface area contributed by atoms with Crippen molar-refractivity contribution in [2.45, 2.75) is 51.7 Å². The number of aromatic hydroxyl groups is 1. The largest absolute Gasteiger partial charge is 0.508 e. The van der Waals surface area contributed by atoms with Crippen molar-refractivity contribution in [2.24, 2.45) is 0 Å². The predicted octanol–water partition coefficient (Wildman–Crippen LogP) is 4.31. The van der Waals surface area contributed by atoms with Crippen molar-refractivity contribution in [3.63, 3.8) is 0 Å². The molecule has 2 N–H and O–H groups in total. The van der Waals surface area contributed by atoms with E-state index in [2.05, 4.69) is 37.1 Å². The Bertz CT molecular complexity index is 823. The van der Waals surface area contributed by atoms with Crippen LogP contribution < -0.4 is 5.32 Å². The Morgan fingerprint density at radius 1 is 1.17 bits per heavy atom. The van der Waals surface area contributed by atoms with E-state index in [9.17, 15) is 9.90 Å². The zero-order valence-corrected chi connectivity index (χ0v) is 17.6. The summed E-state index contributed by atoms with van der Waals surface area (Å²) in [4.78, 5) is 15.0. The van der Waals surface area contributed by atoms with Gasteiger partial charge in [-0.2, -0.15) is 0 Å². The van der Waals surface area contributed by atoms with Crippen LogP contribution in [-0.4, -0.2) is 41.7 Å². The summed E-state index contributed by atoms with van der Waals surface area (Å²) >= 11 is 0. The van der Waals surface area contributed by atoms with Crippen molar-refractivity contribution < 1.29 is 14.6 Å². The number of nitrogens with zero attached hydrogens (tertiary/aromatic N) is 1. The lowest BCUT2D eigenvalue weighted by molar-refractivity contribution is -0.117. The molecule has 1 heterocycles. The minimum absolute atomic E-state index is 0.0585. The molecule has 0 radical (unpaired) electrons. The SMILES string of the molecule is CC(C)(C)c1ccccc1NC(=O)CN(Cc1ccccc1O)CC1CCCO1. The van der Waals surface area contributed by atoms with Gasteiger partial charge in [0.25, 0.3) is 0 Å². The number of rotatable bonds is 7. The molecule has 3 rings (SSSR count). The summed E-state index contributed by atoms with van der Waals surface area (Å²) in [6.45, 7) is 8.61. The normalized spacial score (nSPS) is 16.9. The number of phenolic OH excluding ortho intramolecular Hbond substituents is 1. The van der Waals surface area contributed by atoms with Gasteiger partial charge in [0.15, 0.2) is 0 Å². The molecule has 2 aromatic rings. The van der Waals surface area contributed by atoms with Gasteiger partial charge in [0.05, 0.1) is 12.6 Å². The van der Waals surface area contributed by atoms with Crippen molar-refractivity contribution in [1.29, 1.82) is 0 Å². The Labute approximate surface area is 173 Å². The molecule has 0 aromatic heterocycles. The number of carbonyl (C=O) groups is 1. The third-order valence-corrected chi connectivity index (χ3v) is 5.25. The number of carbonyl (C=O) groups excluding carboxylic acids is 1. The summed E-state index contributed by atoms with van der Waals surface area (Å²) in [5.74, 6) is 0.193. The van der Waals surface area contributed by atoms with Crippen molar-refractivity contribution in [1.82, 2.24) is 4.90 Å². The van der Waals surface area contributed by atoms with Crippen LogP contribution in [0.2, 0.25) is 0 Å². The minimum atomic E-state index is -0.0601. The van der Waals surface area contributed by atoms with Gasteiger partial charge in [-0.1, -0.05) is 57.2 Å². The van der Waals surface area contributed by atoms with Crippen LogP contribution in [0.1, 0.15) is 44.7 Å². The molecule has 1 fully saturated rings. The highest BCUT2D eigenvalue weighted by atomic mass is 16.5. The van der Waals surface area contributed by atoms with Gasteiger partial charge in [0.1, 0.15) is 5.75 Å². The minimum Gasteiger partial charge on any atom is -0.508 e. The predicted molar refractivity (Wildman–Crippen MR) is 116 cm³/mol. The lowest BCUT2D eigenvalue weighted by atomic mass is 9.86. The van der Waals surface area contributed by atoms with Gasteiger partial charge in [-0.3, -0.25) is 9.69 Å². The van der Waals surface area contributed by atoms with Crippen molar-refractivity contribution in [3.05, 3.63) is 59.7 Å². The molecular weight excluding hydrogens is 364 g/mol. The summed E-state index contributed by atoms with van der Waals surface area (Å²) < 4.78 is 5.78. The second kappa shape index (κ2) is 9.42. The van der Waals surface area contributed by atoms with Gasteiger partial charge in [-0.05, 0) is 36.0 Å². The molecule has 1 aliphatic rings. The van der Waals surface area contributed by atoms with E-state index in [0.717, 1.165) is 36.3 Å². The maximum atomic E-state index is 12.9. The van der Waals surface area contributed by atoms with Gasteiger partial charge in [-0.25, -0.2) is 0 Å². The number of nitrogens with one attached hydrogen (secondary N) is 1. The van der Waals surface area contributed by atoms with Gasteiger partial charge < -0.3 is 15.2 Å². The maximum Gasteiger partial charge on any atom is 0.238 e. The van der Waals surface area contributed by atoms with E-state index < -0.39 is 0 Å². The fourth-order valence-corrected chi connectivity index (χ4v) is 3.79. The number of amides is 1. The van der Waals surface area contributed by atoms with Crippen LogP contribution in [0, 0.1) is 0 Å². The van der Waals surface area contributed by atoms with Crippen LogP contribution in [0.5, 0.6) is 5.75 Å². The molecule has 0 aliphatic carbocycles. The standard InChI is InChI=1S/C24H32N2O3/c1-24(2,3)20-11-5-6-12-21(20)25-23(28)17-26(16-19-10-8-14-29-19)15-18-9-4-7-13-22(18)27/h4-7,9,11-13,19,27H,8,10,14-17H2,1-3H3,(H,25,28). The number of para-hydroxylation sites is 2. The molecule has 1 unspecified atom stereocenters. The van der Waals surface area contributed by atoms with Crippen molar-refractivity contribution >= 4 is 11.6 Å². The molecule has 0 saturated carbocycles. The van der Waals surface area contributed by atoms with Crippen molar-refractivity contribution in [2.75, 3.05) is 25.0 Å². The Morgan fingerprint density at radius 2 is 1.90 bits per heavy atom. The topological polar surface area (TPSA) is 61.8 Å². The number of hydrogen-bond acceptors (Lipinski definition) is 4. The number of phenols is 1. The summed E-state index contributed by atoms with van der Waals surface area (Å²) in [6.07, 6.45) is 2.20. The number of anilines is 1. The van der Waals surface area contributed by atoms with E-state index in [-0.39, 0.29) is 29.7 Å². The summed E-state index contributed by atoms with van der Waals surface area (Å²) in [5.41, 5.74) is 2.72. The Hall–Kier alpha value is -2.37. The number of benzene rings is 2. The van der Waals surface area contributed by atoms with E-state index >= 15 is 0 Å². The molecule has 156 valence electrons. The lowest BCUT2D eigenvalue weighted by Crippen LogP contribution is -2.38. The highest BCUT2D eigenvalue weighted by Crippen LogP contribution is 2.29. The Balaban J connectivity index is 1.71. The number of ether oxygens (including phenoxy) is 1. The fraction of sp³-hybridized carbons (Fsp3) is 0.458. The first-order valence-electron chi connectivity index (χ1n) is 10.3. The molecular formula is C24H32N2O3. The van der Waals surface area contributed by atoms with E-state index in [4.69, 9.17) is 4.74 Å². The molecule has 2 aromatic carbocycles. The summed E-state index contributed by atoms with van der Waals surface area (Å²) in [7, 11) is 0. The second-order valence-electron chi connectivity index (χ2n) is 8.78. The van der Waals surface area contributed by atoms with Crippen LogP contribution in [0.25, 0.3) is 0 Å². The highest BCUT2D eigenvalue weighted by molar-refractivity contribution is 5.93. The molecule has 1 saturated heterocycles. The third kappa shape index (κ3) is 6.05. The Morgan fingerprint density at radius 3 is 2.59 bits per heavy atom. The average molecular weight is 397 g/mol. The first-order valence-corrected chi connectivity index (χ1v) is 10.3. The lowest BCUT2D eigenvalue weighted by Gasteiger charge is -2.26. The zero-order chi connectivity index (χ0) is 20.9. The highest BCUT2D eigenvalue weighted by Gasteiger charge is 2.23. The maximum absolute atomic E-state index is 12.9. The molecule has 0 bridgehead atoms. The first-order chi connectivity index (χ1) is 13.8. The van der Waals surface area contributed by atoms with E-state index in [1.807, 2.05) is 30.3 Å². The third-order valence-electron chi connectivity index (χ3n) is 5.25. The second-order valence-corrected chi connectivity index (χ2v) is 8.78. The van der Waals surface area contributed by atoms with Gasteiger partial charge in [0, 0.05) is 30.9 Å². The average Bonchev–Trinajstić information content (AvgIpc) is 3.16. The smallest absolute Gasteiger partial charge is 0.238 e. The van der Waals surface area contributed by atoms with Crippen LogP contribution in [0.4, 0.5) is 5.69 Å². The molecule has 1 atom stereocenters.